The Hall–Kier alpha value is -0.870. The van der Waals surface area contributed by atoms with Gasteiger partial charge in [0, 0.05) is 37.9 Å². The molecule has 1 heterocycles. The summed E-state index contributed by atoms with van der Waals surface area (Å²) in [6.07, 6.45) is 6.64. The second-order valence-corrected chi connectivity index (χ2v) is 4.72. The summed E-state index contributed by atoms with van der Waals surface area (Å²) in [7, 11) is 4.07. The zero-order chi connectivity index (χ0) is 10.8. The maximum atomic E-state index is 6.11. The van der Waals surface area contributed by atoms with Crippen LogP contribution in [-0.4, -0.2) is 34.8 Å². The zero-order valence-electron chi connectivity index (χ0n) is 9.56. The standard InChI is InChI=1S/C11H20N4/c1-14(6-9-3-4-9)8-11(12)10-5-13-15(2)7-10/h5,7,9,11H,3-4,6,8,12H2,1-2H3. The number of hydrogen-bond acceptors (Lipinski definition) is 3. The molecule has 84 valence electrons. The number of aromatic nitrogens is 2. The molecule has 0 spiro atoms. The molecule has 0 amide bonds. The van der Waals surface area contributed by atoms with E-state index in [1.54, 1.807) is 4.68 Å². The minimum Gasteiger partial charge on any atom is -0.323 e. The molecule has 0 aromatic carbocycles. The molecule has 1 aromatic rings. The van der Waals surface area contributed by atoms with Crippen LogP contribution in [0.15, 0.2) is 12.4 Å². The van der Waals surface area contributed by atoms with E-state index < -0.39 is 0 Å². The summed E-state index contributed by atoms with van der Waals surface area (Å²) in [5.41, 5.74) is 7.24. The molecule has 0 bridgehead atoms. The molecular formula is C11H20N4. The Kier molecular flexibility index (Phi) is 3.07. The Bertz CT molecular complexity index is 316. The van der Waals surface area contributed by atoms with Gasteiger partial charge in [-0.15, -0.1) is 0 Å². The van der Waals surface area contributed by atoms with Crippen LogP contribution in [0.5, 0.6) is 0 Å². The highest BCUT2D eigenvalue weighted by Crippen LogP contribution is 2.29. The average molecular weight is 208 g/mol. The fourth-order valence-electron chi connectivity index (χ4n) is 1.89. The van der Waals surface area contributed by atoms with Crippen molar-refractivity contribution >= 4 is 0 Å². The minimum absolute atomic E-state index is 0.0856. The molecule has 1 aliphatic carbocycles. The van der Waals surface area contributed by atoms with Crippen LogP contribution in [0.2, 0.25) is 0 Å². The summed E-state index contributed by atoms with van der Waals surface area (Å²) < 4.78 is 1.80. The third kappa shape index (κ3) is 3.04. The van der Waals surface area contributed by atoms with E-state index in [9.17, 15) is 0 Å². The summed E-state index contributed by atoms with van der Waals surface area (Å²) in [4.78, 5) is 2.33. The van der Waals surface area contributed by atoms with Gasteiger partial charge in [0.2, 0.25) is 0 Å². The predicted molar refractivity (Wildman–Crippen MR) is 60.4 cm³/mol. The molecule has 0 aliphatic heterocycles. The summed E-state index contributed by atoms with van der Waals surface area (Å²) in [6, 6.07) is 0.0856. The Labute approximate surface area is 91.1 Å². The van der Waals surface area contributed by atoms with Crippen LogP contribution in [0.3, 0.4) is 0 Å². The molecule has 2 rings (SSSR count). The van der Waals surface area contributed by atoms with Crippen molar-refractivity contribution in [3.8, 4) is 0 Å². The average Bonchev–Trinajstić information content (AvgIpc) is 2.85. The first-order valence-corrected chi connectivity index (χ1v) is 5.58. The van der Waals surface area contributed by atoms with E-state index in [1.807, 2.05) is 19.4 Å². The topological polar surface area (TPSA) is 47.1 Å². The normalized spacial score (nSPS) is 18.4. The van der Waals surface area contributed by atoms with Crippen LogP contribution in [0.1, 0.15) is 24.4 Å². The third-order valence-corrected chi connectivity index (χ3v) is 2.93. The van der Waals surface area contributed by atoms with E-state index in [2.05, 4.69) is 17.0 Å². The first-order valence-electron chi connectivity index (χ1n) is 5.58. The number of hydrogen-bond donors (Lipinski definition) is 1. The van der Waals surface area contributed by atoms with Gasteiger partial charge in [0.05, 0.1) is 6.20 Å². The van der Waals surface area contributed by atoms with E-state index in [0.717, 1.165) is 18.0 Å². The van der Waals surface area contributed by atoms with Crippen LogP contribution in [0, 0.1) is 5.92 Å². The Morgan fingerprint density at radius 3 is 2.93 bits per heavy atom. The van der Waals surface area contributed by atoms with Gasteiger partial charge in [0.1, 0.15) is 0 Å². The molecular weight excluding hydrogens is 188 g/mol. The summed E-state index contributed by atoms with van der Waals surface area (Å²) in [5, 5.41) is 4.14. The van der Waals surface area contributed by atoms with Gasteiger partial charge in [-0.1, -0.05) is 0 Å². The number of rotatable bonds is 5. The lowest BCUT2D eigenvalue weighted by molar-refractivity contribution is 0.300. The van der Waals surface area contributed by atoms with Crippen molar-refractivity contribution in [2.24, 2.45) is 18.7 Å². The van der Waals surface area contributed by atoms with Gasteiger partial charge in [-0.25, -0.2) is 0 Å². The van der Waals surface area contributed by atoms with Gasteiger partial charge in [-0.2, -0.15) is 5.10 Å². The number of likely N-dealkylation sites (N-methyl/N-ethyl adjacent to an activating group) is 1. The first-order chi connectivity index (χ1) is 7.15. The lowest BCUT2D eigenvalue weighted by atomic mass is 10.1. The molecule has 15 heavy (non-hydrogen) atoms. The highest BCUT2D eigenvalue weighted by Gasteiger charge is 2.23. The maximum absolute atomic E-state index is 6.11. The van der Waals surface area contributed by atoms with Crippen LogP contribution in [0.25, 0.3) is 0 Å². The SMILES string of the molecule is CN(CC1CC1)CC(N)c1cnn(C)c1. The largest absolute Gasteiger partial charge is 0.323 e. The second-order valence-electron chi connectivity index (χ2n) is 4.72. The fraction of sp³-hybridized carbons (Fsp3) is 0.727. The summed E-state index contributed by atoms with van der Waals surface area (Å²) in [5.74, 6) is 0.927. The van der Waals surface area contributed by atoms with Crippen molar-refractivity contribution in [1.82, 2.24) is 14.7 Å². The van der Waals surface area contributed by atoms with Gasteiger partial charge in [-0.3, -0.25) is 4.68 Å². The Morgan fingerprint density at radius 2 is 2.40 bits per heavy atom. The van der Waals surface area contributed by atoms with Crippen molar-refractivity contribution < 1.29 is 0 Å². The summed E-state index contributed by atoms with van der Waals surface area (Å²) in [6.45, 7) is 2.11. The van der Waals surface area contributed by atoms with Crippen molar-refractivity contribution in [1.29, 1.82) is 0 Å². The molecule has 1 fully saturated rings. The third-order valence-electron chi connectivity index (χ3n) is 2.93. The minimum atomic E-state index is 0.0856. The molecule has 4 nitrogen and oxygen atoms in total. The number of nitrogens with zero attached hydrogens (tertiary/aromatic N) is 3. The Morgan fingerprint density at radius 1 is 1.67 bits per heavy atom. The second kappa shape index (κ2) is 4.33. The molecule has 2 N–H and O–H groups in total. The molecule has 1 aliphatic rings. The quantitative estimate of drug-likeness (QED) is 0.777. The molecule has 1 atom stereocenters. The predicted octanol–water partition coefficient (Wildman–Crippen LogP) is 0.762. The molecule has 1 unspecified atom stereocenters. The van der Waals surface area contributed by atoms with Gasteiger partial charge in [0.15, 0.2) is 0 Å². The van der Waals surface area contributed by atoms with E-state index in [0.29, 0.717) is 0 Å². The Balaban J connectivity index is 1.82. The van der Waals surface area contributed by atoms with Crippen LogP contribution < -0.4 is 5.73 Å². The van der Waals surface area contributed by atoms with Crippen molar-refractivity contribution in [3.63, 3.8) is 0 Å². The highest BCUT2D eigenvalue weighted by atomic mass is 15.2. The molecule has 1 saturated carbocycles. The van der Waals surface area contributed by atoms with Gasteiger partial charge in [-0.05, 0) is 25.8 Å². The molecule has 0 radical (unpaired) electrons. The summed E-state index contributed by atoms with van der Waals surface area (Å²) >= 11 is 0. The van der Waals surface area contributed by atoms with E-state index in [-0.39, 0.29) is 6.04 Å². The van der Waals surface area contributed by atoms with Gasteiger partial charge < -0.3 is 10.6 Å². The van der Waals surface area contributed by atoms with Gasteiger partial charge >= 0.3 is 0 Å². The number of nitrogens with two attached hydrogens (primary N) is 1. The zero-order valence-corrected chi connectivity index (χ0v) is 9.56. The van der Waals surface area contributed by atoms with E-state index in [1.165, 1.54) is 19.4 Å². The first kappa shape index (κ1) is 10.6. The highest BCUT2D eigenvalue weighted by molar-refractivity contribution is 5.09. The van der Waals surface area contributed by atoms with Crippen molar-refractivity contribution in [2.75, 3.05) is 20.1 Å². The van der Waals surface area contributed by atoms with Crippen LogP contribution >= 0.6 is 0 Å². The number of aryl methyl sites for hydroxylation is 1. The van der Waals surface area contributed by atoms with Crippen LogP contribution in [0.4, 0.5) is 0 Å². The maximum Gasteiger partial charge on any atom is 0.0537 e. The monoisotopic (exact) mass is 208 g/mol. The molecule has 0 saturated heterocycles. The lowest BCUT2D eigenvalue weighted by Gasteiger charge is -2.20. The van der Waals surface area contributed by atoms with E-state index >= 15 is 0 Å². The van der Waals surface area contributed by atoms with Crippen molar-refractivity contribution in [3.05, 3.63) is 18.0 Å². The van der Waals surface area contributed by atoms with Crippen molar-refractivity contribution in [2.45, 2.75) is 18.9 Å². The fourth-order valence-corrected chi connectivity index (χ4v) is 1.89. The lowest BCUT2D eigenvalue weighted by Crippen LogP contribution is -2.30. The molecule has 1 aromatic heterocycles. The molecule has 4 heteroatoms. The van der Waals surface area contributed by atoms with Gasteiger partial charge in [0.25, 0.3) is 0 Å². The van der Waals surface area contributed by atoms with E-state index in [4.69, 9.17) is 5.73 Å². The smallest absolute Gasteiger partial charge is 0.0537 e. The van der Waals surface area contributed by atoms with Crippen LogP contribution in [-0.2, 0) is 7.05 Å².